The van der Waals surface area contributed by atoms with Crippen LogP contribution in [0, 0.1) is 6.92 Å². The highest BCUT2D eigenvalue weighted by molar-refractivity contribution is 6.30. The number of pyridine rings is 1. The van der Waals surface area contributed by atoms with Crippen LogP contribution in [0.3, 0.4) is 0 Å². The fourth-order valence-electron chi connectivity index (χ4n) is 2.92. The van der Waals surface area contributed by atoms with E-state index in [1.807, 2.05) is 25.1 Å². The summed E-state index contributed by atoms with van der Waals surface area (Å²) in [7, 11) is 0. The molecule has 0 atom stereocenters. The second kappa shape index (κ2) is 8.34. The van der Waals surface area contributed by atoms with Gasteiger partial charge in [-0.25, -0.2) is 0 Å². The topological polar surface area (TPSA) is 90.0 Å². The van der Waals surface area contributed by atoms with Crippen LogP contribution < -0.4 is 10.9 Å². The molecule has 1 N–H and O–H groups in total. The van der Waals surface area contributed by atoms with E-state index in [1.54, 1.807) is 36.4 Å². The zero-order chi connectivity index (χ0) is 21.1. The van der Waals surface area contributed by atoms with Crippen molar-refractivity contribution >= 4 is 23.2 Å². The molecule has 2 heterocycles. The first-order valence-electron chi connectivity index (χ1n) is 9.15. The maximum Gasteiger partial charge on any atom is 0.259 e. The van der Waals surface area contributed by atoms with Gasteiger partial charge in [-0.1, -0.05) is 28.9 Å². The van der Waals surface area contributed by atoms with Gasteiger partial charge in [0.25, 0.3) is 11.4 Å². The van der Waals surface area contributed by atoms with Crippen molar-refractivity contribution in [1.29, 1.82) is 0 Å². The van der Waals surface area contributed by atoms with E-state index < -0.39 is 0 Å². The quantitative estimate of drug-likeness (QED) is 0.523. The number of aromatic nitrogens is 3. The second-order valence-corrected chi connectivity index (χ2v) is 7.17. The Morgan fingerprint density at radius 1 is 1.10 bits per heavy atom. The standard InChI is InChI=1S/C22H17ClN4O3/c1-14-3-2-4-18(11-14)24-19(28)13-27-12-16(7-10-20(27)29)22-25-21(26-30-22)15-5-8-17(23)9-6-15/h2-12H,13H2,1H3,(H,24,28). The molecule has 8 heteroatoms. The number of halogens is 1. The third-order valence-electron chi connectivity index (χ3n) is 4.37. The van der Waals surface area contributed by atoms with E-state index in [1.165, 1.54) is 16.8 Å². The van der Waals surface area contributed by atoms with Crippen LogP contribution in [0.25, 0.3) is 22.8 Å². The van der Waals surface area contributed by atoms with Gasteiger partial charge in [0, 0.05) is 28.5 Å². The van der Waals surface area contributed by atoms with Crippen LogP contribution in [0.1, 0.15) is 5.56 Å². The number of carbonyl (C=O) groups excluding carboxylic acids is 1. The molecule has 0 aliphatic carbocycles. The van der Waals surface area contributed by atoms with Gasteiger partial charge in [0.05, 0.1) is 5.56 Å². The first kappa shape index (κ1) is 19.6. The molecule has 0 unspecified atom stereocenters. The summed E-state index contributed by atoms with van der Waals surface area (Å²) in [6, 6.07) is 17.4. The summed E-state index contributed by atoms with van der Waals surface area (Å²) in [4.78, 5) is 29.0. The smallest absolute Gasteiger partial charge is 0.259 e. The number of carbonyl (C=O) groups is 1. The van der Waals surface area contributed by atoms with Crippen LogP contribution in [0.15, 0.2) is 76.2 Å². The van der Waals surface area contributed by atoms with Crippen molar-refractivity contribution in [3.63, 3.8) is 0 Å². The van der Waals surface area contributed by atoms with Gasteiger partial charge in [0.15, 0.2) is 0 Å². The third kappa shape index (κ3) is 4.47. The van der Waals surface area contributed by atoms with Crippen molar-refractivity contribution in [1.82, 2.24) is 14.7 Å². The second-order valence-electron chi connectivity index (χ2n) is 6.73. The number of nitrogens with one attached hydrogen (secondary N) is 1. The lowest BCUT2D eigenvalue weighted by molar-refractivity contribution is -0.116. The average molecular weight is 421 g/mol. The fourth-order valence-corrected chi connectivity index (χ4v) is 3.04. The lowest BCUT2D eigenvalue weighted by atomic mass is 10.2. The van der Waals surface area contributed by atoms with Gasteiger partial charge < -0.3 is 14.4 Å². The van der Waals surface area contributed by atoms with Gasteiger partial charge in [-0.2, -0.15) is 4.98 Å². The molecule has 0 bridgehead atoms. The fraction of sp³-hybridized carbons (Fsp3) is 0.0909. The van der Waals surface area contributed by atoms with Gasteiger partial charge in [-0.15, -0.1) is 0 Å². The normalized spacial score (nSPS) is 10.7. The number of hydrogen-bond donors (Lipinski definition) is 1. The molecule has 1 amide bonds. The Hall–Kier alpha value is -3.71. The summed E-state index contributed by atoms with van der Waals surface area (Å²) in [5, 5.41) is 7.37. The van der Waals surface area contributed by atoms with Crippen LogP contribution in [0.5, 0.6) is 0 Å². The number of aryl methyl sites for hydroxylation is 1. The van der Waals surface area contributed by atoms with Crippen molar-refractivity contribution in [3.05, 3.63) is 87.8 Å². The van der Waals surface area contributed by atoms with E-state index in [9.17, 15) is 9.59 Å². The number of hydrogen-bond acceptors (Lipinski definition) is 5. The predicted molar refractivity (Wildman–Crippen MR) is 114 cm³/mol. The lowest BCUT2D eigenvalue weighted by Crippen LogP contribution is -2.26. The molecular weight excluding hydrogens is 404 g/mol. The number of nitrogens with zero attached hydrogens (tertiary/aromatic N) is 3. The largest absolute Gasteiger partial charge is 0.334 e. The highest BCUT2D eigenvalue weighted by Gasteiger charge is 2.13. The Bertz CT molecular complexity index is 1260. The number of amides is 1. The Kier molecular flexibility index (Phi) is 5.45. The van der Waals surface area contributed by atoms with Gasteiger partial charge in [0.1, 0.15) is 6.54 Å². The molecule has 150 valence electrons. The highest BCUT2D eigenvalue weighted by Crippen LogP contribution is 2.22. The van der Waals surface area contributed by atoms with Crippen molar-refractivity contribution in [2.45, 2.75) is 13.5 Å². The van der Waals surface area contributed by atoms with E-state index >= 15 is 0 Å². The molecule has 4 aromatic rings. The van der Waals surface area contributed by atoms with Gasteiger partial charge in [0.2, 0.25) is 11.7 Å². The summed E-state index contributed by atoms with van der Waals surface area (Å²) in [6.45, 7) is 1.80. The molecule has 30 heavy (non-hydrogen) atoms. The van der Waals surface area contributed by atoms with Crippen molar-refractivity contribution in [3.8, 4) is 22.8 Å². The van der Waals surface area contributed by atoms with Gasteiger partial charge in [-0.3, -0.25) is 9.59 Å². The van der Waals surface area contributed by atoms with Gasteiger partial charge in [-0.05, 0) is 55.0 Å². The summed E-state index contributed by atoms with van der Waals surface area (Å²) >= 11 is 5.90. The molecule has 4 rings (SSSR count). The predicted octanol–water partition coefficient (Wildman–Crippen LogP) is 4.17. The summed E-state index contributed by atoms with van der Waals surface area (Å²) in [5.41, 5.74) is 2.68. The van der Waals surface area contributed by atoms with Crippen LogP contribution in [0.4, 0.5) is 5.69 Å². The Labute approximate surface area is 176 Å². The monoisotopic (exact) mass is 420 g/mol. The minimum atomic E-state index is -0.313. The minimum absolute atomic E-state index is 0.140. The number of rotatable bonds is 5. The lowest BCUT2D eigenvalue weighted by Gasteiger charge is -2.08. The van der Waals surface area contributed by atoms with E-state index in [0.29, 0.717) is 22.1 Å². The van der Waals surface area contributed by atoms with Crippen LogP contribution >= 0.6 is 11.6 Å². The van der Waals surface area contributed by atoms with E-state index in [2.05, 4.69) is 15.5 Å². The van der Waals surface area contributed by atoms with E-state index in [-0.39, 0.29) is 23.9 Å². The molecule has 0 radical (unpaired) electrons. The van der Waals surface area contributed by atoms with E-state index in [4.69, 9.17) is 16.1 Å². The summed E-state index contributed by atoms with van der Waals surface area (Å²) in [6.07, 6.45) is 1.53. The summed E-state index contributed by atoms with van der Waals surface area (Å²) in [5.74, 6) is 0.330. The first-order valence-corrected chi connectivity index (χ1v) is 9.53. The molecule has 0 aliphatic rings. The minimum Gasteiger partial charge on any atom is -0.334 e. The Morgan fingerprint density at radius 2 is 1.87 bits per heavy atom. The zero-order valence-corrected chi connectivity index (χ0v) is 16.8. The SMILES string of the molecule is Cc1cccc(NC(=O)Cn2cc(-c3nc(-c4ccc(Cl)cc4)no3)ccc2=O)c1. The third-order valence-corrected chi connectivity index (χ3v) is 4.63. The molecule has 0 spiro atoms. The Morgan fingerprint density at radius 3 is 2.63 bits per heavy atom. The maximum absolute atomic E-state index is 12.4. The number of benzene rings is 2. The van der Waals surface area contributed by atoms with Crippen molar-refractivity contribution in [2.75, 3.05) is 5.32 Å². The maximum atomic E-state index is 12.4. The molecular formula is C22H17ClN4O3. The van der Waals surface area contributed by atoms with Gasteiger partial charge >= 0.3 is 0 Å². The zero-order valence-electron chi connectivity index (χ0n) is 16.0. The highest BCUT2D eigenvalue weighted by atomic mass is 35.5. The molecule has 2 aromatic carbocycles. The molecule has 2 aromatic heterocycles. The molecule has 0 fully saturated rings. The molecule has 0 aliphatic heterocycles. The molecule has 7 nitrogen and oxygen atoms in total. The Balaban J connectivity index is 1.54. The first-order chi connectivity index (χ1) is 14.5. The molecule has 0 saturated heterocycles. The number of anilines is 1. The van der Waals surface area contributed by atoms with Crippen LogP contribution in [-0.4, -0.2) is 20.6 Å². The van der Waals surface area contributed by atoms with Crippen molar-refractivity contribution < 1.29 is 9.32 Å². The average Bonchev–Trinajstić information content (AvgIpc) is 3.20. The summed E-state index contributed by atoms with van der Waals surface area (Å²) < 4.78 is 6.63. The van der Waals surface area contributed by atoms with Crippen LogP contribution in [-0.2, 0) is 11.3 Å². The molecule has 0 saturated carbocycles. The van der Waals surface area contributed by atoms with Crippen molar-refractivity contribution in [2.24, 2.45) is 0 Å². The van der Waals surface area contributed by atoms with Crippen LogP contribution in [0.2, 0.25) is 5.02 Å². The van der Waals surface area contributed by atoms with E-state index in [0.717, 1.165) is 11.1 Å².